The van der Waals surface area contributed by atoms with E-state index in [1.807, 2.05) is 12.1 Å². The molecular weight excluding hydrogens is 298 g/mol. The van der Waals surface area contributed by atoms with Crippen molar-refractivity contribution in [3.05, 3.63) is 71.3 Å². The Bertz CT molecular complexity index is 640. The fourth-order valence-electron chi connectivity index (χ4n) is 2.50. The number of benzene rings is 2. The Morgan fingerprint density at radius 3 is 2.54 bits per heavy atom. The minimum Gasteiger partial charge on any atom is -0.380 e. The number of guanidine groups is 1. The van der Waals surface area contributed by atoms with Gasteiger partial charge < -0.3 is 15.4 Å². The van der Waals surface area contributed by atoms with Crippen LogP contribution in [0.1, 0.15) is 36.6 Å². The van der Waals surface area contributed by atoms with E-state index in [-0.39, 0.29) is 6.04 Å². The molecule has 1 atom stereocenters. The van der Waals surface area contributed by atoms with Crippen LogP contribution in [0.15, 0.2) is 59.6 Å². The molecule has 0 amide bonds. The Labute approximate surface area is 145 Å². The van der Waals surface area contributed by atoms with Crippen LogP contribution in [0.4, 0.5) is 0 Å². The van der Waals surface area contributed by atoms with Crippen LogP contribution < -0.4 is 10.6 Å². The Kier molecular flexibility index (Phi) is 7.30. The number of nitrogens with zero attached hydrogens (tertiary/aromatic N) is 1. The first-order valence-corrected chi connectivity index (χ1v) is 8.39. The van der Waals surface area contributed by atoms with E-state index in [0.29, 0.717) is 13.2 Å². The molecule has 0 aliphatic rings. The monoisotopic (exact) mass is 325 g/mol. The minimum absolute atomic E-state index is 0.198. The lowest BCUT2D eigenvalue weighted by Crippen LogP contribution is -2.38. The summed E-state index contributed by atoms with van der Waals surface area (Å²) in [6, 6.07) is 18.9. The van der Waals surface area contributed by atoms with Crippen LogP contribution in [-0.4, -0.2) is 19.6 Å². The maximum Gasteiger partial charge on any atom is 0.192 e. The van der Waals surface area contributed by atoms with E-state index in [1.165, 1.54) is 16.7 Å². The first-order valence-electron chi connectivity index (χ1n) is 8.39. The van der Waals surface area contributed by atoms with Gasteiger partial charge in [-0.05, 0) is 30.5 Å². The van der Waals surface area contributed by atoms with Crippen LogP contribution in [0.25, 0.3) is 0 Å². The van der Waals surface area contributed by atoms with Gasteiger partial charge >= 0.3 is 0 Å². The van der Waals surface area contributed by atoms with Crippen molar-refractivity contribution in [2.45, 2.75) is 33.0 Å². The number of hydrogen-bond donors (Lipinski definition) is 2. The van der Waals surface area contributed by atoms with Gasteiger partial charge in [0.25, 0.3) is 0 Å². The number of methoxy groups -OCH3 is 1. The van der Waals surface area contributed by atoms with Crippen molar-refractivity contribution in [2.24, 2.45) is 4.99 Å². The Morgan fingerprint density at radius 1 is 1.08 bits per heavy atom. The number of ether oxygens (including phenoxy) is 1. The molecule has 0 bridgehead atoms. The van der Waals surface area contributed by atoms with Gasteiger partial charge in [0.15, 0.2) is 5.96 Å². The maximum atomic E-state index is 5.19. The lowest BCUT2D eigenvalue weighted by atomic mass is 10.1. The van der Waals surface area contributed by atoms with Crippen LogP contribution in [0.2, 0.25) is 0 Å². The van der Waals surface area contributed by atoms with Crippen molar-refractivity contribution >= 4 is 5.96 Å². The summed E-state index contributed by atoms with van der Waals surface area (Å²) in [4.78, 5) is 4.70. The predicted molar refractivity (Wildman–Crippen MR) is 100.0 cm³/mol. The largest absolute Gasteiger partial charge is 0.380 e. The first kappa shape index (κ1) is 18.0. The number of aliphatic imine (C=N–C) groups is 1. The third-order valence-electron chi connectivity index (χ3n) is 3.72. The van der Waals surface area contributed by atoms with Gasteiger partial charge in [-0.25, -0.2) is 4.99 Å². The van der Waals surface area contributed by atoms with E-state index in [2.05, 4.69) is 66.9 Å². The zero-order valence-electron chi connectivity index (χ0n) is 14.8. The van der Waals surface area contributed by atoms with Crippen molar-refractivity contribution < 1.29 is 4.74 Å². The summed E-state index contributed by atoms with van der Waals surface area (Å²) in [5.41, 5.74) is 3.58. The molecule has 0 saturated carbocycles. The van der Waals surface area contributed by atoms with Crippen molar-refractivity contribution in [1.82, 2.24) is 10.6 Å². The molecule has 0 spiro atoms. The molecule has 2 N–H and O–H groups in total. The van der Waals surface area contributed by atoms with Crippen molar-refractivity contribution in [2.75, 3.05) is 13.7 Å². The van der Waals surface area contributed by atoms with Crippen LogP contribution in [-0.2, 0) is 17.9 Å². The van der Waals surface area contributed by atoms with Crippen LogP contribution in [0, 0.1) is 0 Å². The molecular formula is C20H27N3O. The smallest absolute Gasteiger partial charge is 0.192 e. The van der Waals surface area contributed by atoms with Crippen LogP contribution >= 0.6 is 0 Å². The van der Waals surface area contributed by atoms with Gasteiger partial charge in [-0.15, -0.1) is 0 Å². The second kappa shape index (κ2) is 9.73. The molecule has 0 saturated heterocycles. The fourth-order valence-corrected chi connectivity index (χ4v) is 2.50. The molecule has 24 heavy (non-hydrogen) atoms. The van der Waals surface area contributed by atoms with Gasteiger partial charge in [0.1, 0.15) is 0 Å². The average molecular weight is 325 g/mol. The summed E-state index contributed by atoms with van der Waals surface area (Å²) in [7, 11) is 1.71. The molecule has 2 aromatic carbocycles. The van der Waals surface area contributed by atoms with Gasteiger partial charge in [-0.3, -0.25) is 0 Å². The van der Waals surface area contributed by atoms with E-state index < -0.39 is 0 Å². The summed E-state index contributed by atoms with van der Waals surface area (Å²) in [5, 5.41) is 6.77. The van der Waals surface area contributed by atoms with Crippen LogP contribution in [0.5, 0.6) is 0 Å². The molecule has 0 heterocycles. The highest BCUT2D eigenvalue weighted by molar-refractivity contribution is 5.80. The first-order chi connectivity index (χ1) is 11.7. The molecule has 2 aromatic rings. The van der Waals surface area contributed by atoms with Crippen molar-refractivity contribution in [3.63, 3.8) is 0 Å². The standard InChI is InChI=1S/C20H27N3O/c1-4-21-20(23-16(2)19-11-6-5-7-12-19)22-14-17-9-8-10-18(13-17)15-24-3/h5-13,16H,4,14-15H2,1-3H3,(H2,21,22,23). The highest BCUT2D eigenvalue weighted by Gasteiger charge is 2.07. The lowest BCUT2D eigenvalue weighted by Gasteiger charge is -2.18. The molecule has 4 heteroatoms. The summed E-state index contributed by atoms with van der Waals surface area (Å²) < 4.78 is 5.19. The summed E-state index contributed by atoms with van der Waals surface area (Å²) in [5.74, 6) is 0.825. The van der Waals surface area contributed by atoms with Gasteiger partial charge in [-0.1, -0.05) is 54.6 Å². The van der Waals surface area contributed by atoms with Crippen molar-refractivity contribution in [1.29, 1.82) is 0 Å². The molecule has 0 radical (unpaired) electrons. The molecule has 128 valence electrons. The zero-order chi connectivity index (χ0) is 17.2. The Hall–Kier alpha value is -2.33. The minimum atomic E-state index is 0.198. The summed E-state index contributed by atoms with van der Waals surface area (Å²) in [6.07, 6.45) is 0. The molecule has 0 aliphatic carbocycles. The topological polar surface area (TPSA) is 45.7 Å². The summed E-state index contributed by atoms with van der Waals surface area (Å²) in [6.45, 7) is 6.30. The van der Waals surface area contributed by atoms with Crippen LogP contribution in [0.3, 0.4) is 0 Å². The quantitative estimate of drug-likeness (QED) is 0.603. The average Bonchev–Trinajstić information content (AvgIpc) is 2.61. The van der Waals surface area contributed by atoms with E-state index in [4.69, 9.17) is 9.73 Å². The molecule has 0 fully saturated rings. The maximum absolute atomic E-state index is 5.19. The SMILES string of the molecule is CCNC(=NCc1cccc(COC)c1)NC(C)c1ccccc1. The molecule has 0 aromatic heterocycles. The predicted octanol–water partition coefficient (Wildman–Crippen LogP) is 3.65. The molecule has 4 nitrogen and oxygen atoms in total. The third kappa shape index (κ3) is 5.70. The van der Waals surface area contributed by atoms with E-state index in [9.17, 15) is 0 Å². The van der Waals surface area contributed by atoms with E-state index >= 15 is 0 Å². The van der Waals surface area contributed by atoms with E-state index in [1.54, 1.807) is 7.11 Å². The number of rotatable bonds is 7. The van der Waals surface area contributed by atoms with Crippen molar-refractivity contribution in [3.8, 4) is 0 Å². The third-order valence-corrected chi connectivity index (χ3v) is 3.72. The molecule has 2 rings (SSSR count). The molecule has 1 unspecified atom stereocenters. The van der Waals surface area contributed by atoms with Gasteiger partial charge in [-0.2, -0.15) is 0 Å². The Balaban J connectivity index is 2.03. The second-order valence-electron chi connectivity index (χ2n) is 5.72. The lowest BCUT2D eigenvalue weighted by molar-refractivity contribution is 0.185. The fraction of sp³-hybridized carbons (Fsp3) is 0.350. The number of hydrogen-bond acceptors (Lipinski definition) is 2. The highest BCUT2D eigenvalue weighted by atomic mass is 16.5. The summed E-state index contributed by atoms with van der Waals surface area (Å²) >= 11 is 0. The zero-order valence-corrected chi connectivity index (χ0v) is 14.8. The molecule has 0 aliphatic heterocycles. The number of nitrogens with one attached hydrogen (secondary N) is 2. The second-order valence-corrected chi connectivity index (χ2v) is 5.72. The Morgan fingerprint density at radius 2 is 1.83 bits per heavy atom. The van der Waals surface area contributed by atoms with Gasteiger partial charge in [0.05, 0.1) is 19.2 Å². The van der Waals surface area contributed by atoms with Gasteiger partial charge in [0, 0.05) is 13.7 Å². The highest BCUT2D eigenvalue weighted by Crippen LogP contribution is 2.11. The normalized spacial score (nSPS) is 12.7. The van der Waals surface area contributed by atoms with E-state index in [0.717, 1.165) is 12.5 Å². The van der Waals surface area contributed by atoms with Gasteiger partial charge in [0.2, 0.25) is 0 Å².